The van der Waals surface area contributed by atoms with Crippen LogP contribution in [0, 0.1) is 12.3 Å². The summed E-state index contributed by atoms with van der Waals surface area (Å²) >= 11 is 0. The fourth-order valence-corrected chi connectivity index (χ4v) is 0.804. The van der Waals surface area contributed by atoms with Crippen LogP contribution in [-0.4, -0.2) is 13.2 Å². The van der Waals surface area contributed by atoms with Crippen molar-refractivity contribution in [1.82, 2.24) is 0 Å². The highest BCUT2D eigenvalue weighted by Gasteiger charge is 2.42. The summed E-state index contributed by atoms with van der Waals surface area (Å²) in [4.78, 5) is 0. The average molecular weight is 113 g/mol. The fraction of sp³-hybridized carbons (Fsp3) is 0.857. The molecule has 1 saturated carbocycles. The largest absolute Gasteiger partial charge is 0.381 e. The first-order valence-electron chi connectivity index (χ1n) is 3.05. The van der Waals surface area contributed by atoms with Crippen molar-refractivity contribution in [2.75, 3.05) is 7.11 Å². The third-order valence-electron chi connectivity index (χ3n) is 2.10. The van der Waals surface area contributed by atoms with Crippen molar-refractivity contribution >= 4 is 0 Å². The molecule has 0 amide bonds. The van der Waals surface area contributed by atoms with Crippen LogP contribution in [0.4, 0.5) is 0 Å². The Bertz CT molecular complexity index is 84.4. The van der Waals surface area contributed by atoms with Crippen LogP contribution in [0.15, 0.2) is 0 Å². The first-order valence-corrected chi connectivity index (χ1v) is 3.05. The molecular weight excluding hydrogens is 100 g/mol. The molecule has 1 unspecified atom stereocenters. The second-order valence-electron chi connectivity index (χ2n) is 2.88. The second kappa shape index (κ2) is 1.73. The van der Waals surface area contributed by atoms with E-state index in [1.54, 1.807) is 7.11 Å². The van der Waals surface area contributed by atoms with Gasteiger partial charge < -0.3 is 4.74 Å². The average Bonchev–Trinajstić information content (AvgIpc) is 2.47. The lowest BCUT2D eigenvalue weighted by atomic mass is 10.0. The number of rotatable bonds is 2. The van der Waals surface area contributed by atoms with E-state index >= 15 is 0 Å². The molecule has 0 aromatic heterocycles. The lowest BCUT2D eigenvalue weighted by Crippen LogP contribution is -2.16. The van der Waals surface area contributed by atoms with E-state index in [0.717, 1.165) is 0 Å². The van der Waals surface area contributed by atoms with Crippen LogP contribution in [0.1, 0.15) is 19.8 Å². The van der Waals surface area contributed by atoms with Crippen molar-refractivity contribution in [1.29, 1.82) is 0 Å². The smallest absolute Gasteiger partial charge is 0.0625 e. The Balaban J connectivity index is 2.34. The Hall–Kier alpha value is -0.0400. The van der Waals surface area contributed by atoms with E-state index in [0.29, 0.717) is 5.41 Å². The van der Waals surface area contributed by atoms with Crippen molar-refractivity contribution < 1.29 is 4.74 Å². The zero-order chi connectivity index (χ0) is 6.20. The third-order valence-corrected chi connectivity index (χ3v) is 2.10. The molecule has 1 radical (unpaired) electrons. The zero-order valence-electron chi connectivity index (χ0n) is 5.61. The zero-order valence-corrected chi connectivity index (χ0v) is 5.61. The van der Waals surface area contributed by atoms with E-state index in [4.69, 9.17) is 4.74 Å². The van der Waals surface area contributed by atoms with E-state index in [2.05, 4.69) is 13.8 Å². The Kier molecular flexibility index (Phi) is 1.31. The Morgan fingerprint density at radius 2 is 2.12 bits per heavy atom. The van der Waals surface area contributed by atoms with Gasteiger partial charge in [-0.25, -0.2) is 0 Å². The quantitative estimate of drug-likeness (QED) is 0.529. The number of hydrogen-bond acceptors (Lipinski definition) is 1. The summed E-state index contributed by atoms with van der Waals surface area (Å²) in [5, 5.41) is 0. The Labute approximate surface area is 51.0 Å². The van der Waals surface area contributed by atoms with Crippen LogP contribution in [0.2, 0.25) is 0 Å². The maximum Gasteiger partial charge on any atom is 0.0625 e. The molecule has 47 valence electrons. The summed E-state index contributed by atoms with van der Waals surface area (Å²) in [7, 11) is 1.72. The van der Waals surface area contributed by atoms with Gasteiger partial charge in [0, 0.05) is 7.11 Å². The molecule has 0 bridgehead atoms. The number of ether oxygens (including phenoxy) is 1. The maximum atomic E-state index is 5.07. The van der Waals surface area contributed by atoms with E-state index in [9.17, 15) is 0 Å². The molecule has 1 aliphatic rings. The van der Waals surface area contributed by atoms with E-state index in [-0.39, 0.29) is 6.10 Å². The fourth-order valence-electron chi connectivity index (χ4n) is 0.804. The highest BCUT2D eigenvalue weighted by Crippen LogP contribution is 2.48. The molecule has 0 saturated heterocycles. The highest BCUT2D eigenvalue weighted by molar-refractivity contribution is 4.96. The van der Waals surface area contributed by atoms with Gasteiger partial charge in [0.05, 0.1) is 6.10 Å². The second-order valence-corrected chi connectivity index (χ2v) is 2.88. The molecule has 1 atom stereocenters. The van der Waals surface area contributed by atoms with Crippen molar-refractivity contribution in [3.63, 3.8) is 0 Å². The minimum absolute atomic E-state index is 0.211. The summed E-state index contributed by atoms with van der Waals surface area (Å²) in [5.74, 6) is 0. The molecule has 0 aromatic carbocycles. The first-order chi connectivity index (χ1) is 3.69. The topological polar surface area (TPSA) is 9.23 Å². The normalized spacial score (nSPS) is 27.4. The Morgan fingerprint density at radius 1 is 1.62 bits per heavy atom. The summed E-state index contributed by atoms with van der Waals surface area (Å²) in [6.07, 6.45) is 2.78. The Morgan fingerprint density at radius 3 is 2.25 bits per heavy atom. The first kappa shape index (κ1) is 6.09. The van der Waals surface area contributed by atoms with Crippen molar-refractivity contribution in [2.45, 2.75) is 25.9 Å². The van der Waals surface area contributed by atoms with Gasteiger partial charge in [0.25, 0.3) is 0 Å². The van der Waals surface area contributed by atoms with E-state index in [1.165, 1.54) is 12.8 Å². The van der Waals surface area contributed by atoms with Crippen LogP contribution in [0.5, 0.6) is 0 Å². The van der Waals surface area contributed by atoms with E-state index < -0.39 is 0 Å². The van der Waals surface area contributed by atoms with Crippen LogP contribution >= 0.6 is 0 Å². The lowest BCUT2D eigenvalue weighted by Gasteiger charge is -2.15. The van der Waals surface area contributed by atoms with Gasteiger partial charge in [0.15, 0.2) is 0 Å². The van der Waals surface area contributed by atoms with Crippen molar-refractivity contribution in [3.05, 3.63) is 6.92 Å². The summed E-state index contributed by atoms with van der Waals surface area (Å²) in [6, 6.07) is 0. The van der Waals surface area contributed by atoms with Crippen LogP contribution in [-0.2, 0) is 4.74 Å². The van der Waals surface area contributed by atoms with Gasteiger partial charge in [0.2, 0.25) is 0 Å². The molecule has 1 heteroatoms. The van der Waals surface area contributed by atoms with Gasteiger partial charge >= 0.3 is 0 Å². The minimum atomic E-state index is 0.211. The highest BCUT2D eigenvalue weighted by atomic mass is 16.5. The summed E-state index contributed by atoms with van der Waals surface area (Å²) in [6.45, 7) is 6.08. The molecule has 0 N–H and O–H groups in total. The molecule has 1 aliphatic carbocycles. The third kappa shape index (κ3) is 0.873. The molecule has 0 heterocycles. The van der Waals surface area contributed by atoms with Gasteiger partial charge in [-0.1, -0.05) is 6.92 Å². The standard InChI is InChI=1S/C7H13O/c1-6(8-3)7(2)4-5-7/h6H,1,4-5H2,2-3H3. The number of hydrogen-bond donors (Lipinski definition) is 0. The van der Waals surface area contributed by atoms with Gasteiger partial charge in [0.1, 0.15) is 0 Å². The monoisotopic (exact) mass is 113 g/mol. The molecular formula is C7H13O. The lowest BCUT2D eigenvalue weighted by molar-refractivity contribution is 0.0834. The van der Waals surface area contributed by atoms with Gasteiger partial charge in [-0.15, -0.1) is 0 Å². The molecule has 1 fully saturated rings. The predicted molar refractivity (Wildman–Crippen MR) is 33.5 cm³/mol. The maximum absolute atomic E-state index is 5.07. The van der Waals surface area contributed by atoms with Gasteiger partial charge in [-0.2, -0.15) is 0 Å². The van der Waals surface area contributed by atoms with Crippen molar-refractivity contribution in [2.24, 2.45) is 5.41 Å². The molecule has 8 heavy (non-hydrogen) atoms. The molecule has 1 rings (SSSR count). The van der Waals surface area contributed by atoms with Crippen molar-refractivity contribution in [3.8, 4) is 0 Å². The van der Waals surface area contributed by atoms with Gasteiger partial charge in [-0.05, 0) is 25.2 Å². The van der Waals surface area contributed by atoms with Crippen LogP contribution in [0.3, 0.4) is 0 Å². The number of methoxy groups -OCH3 is 1. The van der Waals surface area contributed by atoms with E-state index in [1.807, 2.05) is 0 Å². The molecule has 0 spiro atoms. The molecule has 0 aromatic rings. The van der Waals surface area contributed by atoms with Crippen LogP contribution < -0.4 is 0 Å². The summed E-state index contributed by atoms with van der Waals surface area (Å²) in [5.41, 5.74) is 0.425. The predicted octanol–water partition coefficient (Wildman–Crippen LogP) is 1.64. The minimum Gasteiger partial charge on any atom is -0.381 e. The summed E-state index contributed by atoms with van der Waals surface area (Å²) < 4.78 is 5.07. The molecule has 0 aliphatic heterocycles. The molecule has 1 nitrogen and oxygen atoms in total. The SMILES string of the molecule is [CH2]C(OC)C1(C)CC1. The van der Waals surface area contributed by atoms with Crippen LogP contribution in [0.25, 0.3) is 0 Å². The van der Waals surface area contributed by atoms with Gasteiger partial charge in [-0.3, -0.25) is 0 Å².